The molecule has 2 aromatic heterocycles. The Kier molecular flexibility index (Phi) is 5.05. The summed E-state index contributed by atoms with van der Waals surface area (Å²) >= 11 is 6.71. The van der Waals surface area contributed by atoms with Gasteiger partial charge in [-0.15, -0.1) is 0 Å². The Balaban J connectivity index is 1.26. The number of pyridine rings is 1. The molecule has 2 saturated heterocycles. The van der Waals surface area contributed by atoms with E-state index in [1.807, 2.05) is 31.7 Å². The average Bonchev–Trinajstić information content (AvgIpc) is 3.09. The third kappa shape index (κ3) is 3.54. The summed E-state index contributed by atoms with van der Waals surface area (Å²) in [4.78, 5) is 7.22. The van der Waals surface area contributed by atoms with Crippen LogP contribution in [0.15, 0.2) is 36.8 Å². The molecular formula is C24H27ClN6O. The summed E-state index contributed by atoms with van der Waals surface area (Å²) in [5.74, 6) is 2.01. The Morgan fingerprint density at radius 1 is 1.19 bits per heavy atom. The van der Waals surface area contributed by atoms with Crippen molar-refractivity contribution in [2.75, 3.05) is 31.5 Å². The van der Waals surface area contributed by atoms with E-state index in [0.717, 1.165) is 54.4 Å². The number of halogens is 1. The van der Waals surface area contributed by atoms with Crippen molar-refractivity contribution in [2.45, 2.75) is 31.4 Å². The van der Waals surface area contributed by atoms with E-state index in [1.54, 1.807) is 4.68 Å². The number of hydrogen-bond donors (Lipinski definition) is 2. The van der Waals surface area contributed by atoms with Gasteiger partial charge in [-0.25, -0.2) is 4.98 Å². The molecule has 0 amide bonds. The van der Waals surface area contributed by atoms with Crippen LogP contribution in [0.4, 0.5) is 11.5 Å². The summed E-state index contributed by atoms with van der Waals surface area (Å²) in [5, 5.41) is 11.9. The van der Waals surface area contributed by atoms with Gasteiger partial charge in [0.15, 0.2) is 5.75 Å². The fraction of sp³-hybridized carbons (Fsp3) is 0.417. The van der Waals surface area contributed by atoms with E-state index < -0.39 is 0 Å². The lowest BCUT2D eigenvalue weighted by molar-refractivity contribution is 0.0729. The molecule has 1 aromatic carbocycles. The van der Waals surface area contributed by atoms with Gasteiger partial charge in [0.2, 0.25) is 0 Å². The summed E-state index contributed by atoms with van der Waals surface area (Å²) in [6, 6.07) is 7.00. The first-order chi connectivity index (χ1) is 15.7. The van der Waals surface area contributed by atoms with E-state index in [9.17, 15) is 0 Å². The molecule has 2 N–H and O–H groups in total. The van der Waals surface area contributed by atoms with Crippen molar-refractivity contribution in [3.8, 4) is 16.9 Å². The van der Waals surface area contributed by atoms with Crippen LogP contribution in [0.1, 0.15) is 29.9 Å². The van der Waals surface area contributed by atoms with Gasteiger partial charge in [-0.1, -0.05) is 11.6 Å². The molecule has 6 rings (SSSR count). The second-order valence-corrected chi connectivity index (χ2v) is 9.42. The van der Waals surface area contributed by atoms with Crippen LogP contribution in [0.3, 0.4) is 0 Å². The van der Waals surface area contributed by atoms with Crippen LogP contribution in [-0.2, 0) is 13.7 Å². The van der Waals surface area contributed by atoms with Crippen LogP contribution in [0.25, 0.3) is 11.1 Å². The highest BCUT2D eigenvalue weighted by molar-refractivity contribution is 6.32. The number of nitrogens with one attached hydrogen (secondary N) is 2. The quantitative estimate of drug-likeness (QED) is 0.630. The second-order valence-electron chi connectivity index (χ2n) is 9.01. The first-order valence-corrected chi connectivity index (χ1v) is 11.7. The van der Waals surface area contributed by atoms with E-state index in [4.69, 9.17) is 16.3 Å². The molecule has 3 aliphatic heterocycles. The van der Waals surface area contributed by atoms with E-state index in [-0.39, 0.29) is 0 Å². The number of aryl methyl sites for hydroxylation is 1. The molecule has 0 spiro atoms. The molecule has 0 bridgehead atoms. The molecule has 0 unspecified atom stereocenters. The van der Waals surface area contributed by atoms with Gasteiger partial charge in [-0.05, 0) is 55.3 Å². The summed E-state index contributed by atoms with van der Waals surface area (Å²) in [6.07, 6.45) is 8.18. The predicted octanol–water partition coefficient (Wildman–Crippen LogP) is 3.92. The van der Waals surface area contributed by atoms with Gasteiger partial charge in [0.25, 0.3) is 0 Å². The van der Waals surface area contributed by atoms with Gasteiger partial charge in [0.1, 0.15) is 12.4 Å². The third-order valence-electron chi connectivity index (χ3n) is 6.96. The third-order valence-corrected chi connectivity index (χ3v) is 7.24. The minimum absolute atomic E-state index is 0.402. The van der Waals surface area contributed by atoms with Crippen LogP contribution in [-0.4, -0.2) is 51.9 Å². The number of nitrogens with zero attached hydrogens (tertiary/aromatic N) is 4. The highest BCUT2D eigenvalue weighted by Gasteiger charge is 2.34. The van der Waals surface area contributed by atoms with E-state index in [0.29, 0.717) is 29.3 Å². The Bertz CT molecular complexity index is 1150. The van der Waals surface area contributed by atoms with Crippen molar-refractivity contribution < 1.29 is 4.74 Å². The van der Waals surface area contributed by atoms with Crippen molar-refractivity contribution in [2.24, 2.45) is 7.05 Å². The number of likely N-dealkylation sites (tertiary alicyclic amines) is 1. The number of benzene rings is 1. The highest BCUT2D eigenvalue weighted by atomic mass is 35.5. The van der Waals surface area contributed by atoms with Gasteiger partial charge in [-0.2, -0.15) is 5.10 Å². The molecule has 2 fully saturated rings. The lowest BCUT2D eigenvalue weighted by Gasteiger charge is -2.46. The first kappa shape index (κ1) is 20.0. The number of anilines is 2. The standard InChI is InChI=1S/C24H27ClN6O/c1-30-11-16(10-28-30)19-4-7-27-24-20(19)14-32-23-21(25)8-15(9-22(23)29-24)17-12-31(13-17)18-2-5-26-6-3-18/h4,7-11,17-18,26H,2-3,5-6,12-14H2,1H3,(H,27,29). The Morgan fingerprint density at radius 2 is 2.03 bits per heavy atom. The Hall–Kier alpha value is -2.61. The Morgan fingerprint density at radius 3 is 2.81 bits per heavy atom. The molecule has 5 heterocycles. The summed E-state index contributed by atoms with van der Waals surface area (Å²) < 4.78 is 8.00. The van der Waals surface area contributed by atoms with Crippen molar-refractivity contribution >= 4 is 23.1 Å². The largest absolute Gasteiger partial charge is 0.485 e. The minimum Gasteiger partial charge on any atom is -0.485 e. The van der Waals surface area contributed by atoms with Gasteiger partial charge in [-0.3, -0.25) is 9.58 Å². The number of aromatic nitrogens is 3. The smallest absolute Gasteiger partial charge is 0.161 e. The maximum atomic E-state index is 6.71. The van der Waals surface area contributed by atoms with Gasteiger partial charge >= 0.3 is 0 Å². The van der Waals surface area contributed by atoms with E-state index >= 15 is 0 Å². The second kappa shape index (κ2) is 8.06. The van der Waals surface area contributed by atoms with Gasteiger partial charge in [0, 0.05) is 55.6 Å². The van der Waals surface area contributed by atoms with Gasteiger partial charge in [0.05, 0.1) is 16.9 Å². The first-order valence-electron chi connectivity index (χ1n) is 11.3. The van der Waals surface area contributed by atoms with Crippen LogP contribution in [0.5, 0.6) is 5.75 Å². The average molecular weight is 451 g/mol. The number of fused-ring (bicyclic) bond motifs is 2. The van der Waals surface area contributed by atoms with Crippen molar-refractivity contribution in [3.05, 3.63) is 52.9 Å². The van der Waals surface area contributed by atoms with Crippen LogP contribution in [0.2, 0.25) is 5.02 Å². The van der Waals surface area contributed by atoms with Crippen molar-refractivity contribution in [1.29, 1.82) is 0 Å². The van der Waals surface area contributed by atoms with Crippen molar-refractivity contribution in [3.63, 3.8) is 0 Å². The molecule has 0 atom stereocenters. The van der Waals surface area contributed by atoms with E-state index in [1.165, 1.54) is 18.4 Å². The summed E-state index contributed by atoms with van der Waals surface area (Å²) in [7, 11) is 1.92. The topological polar surface area (TPSA) is 67.2 Å². The fourth-order valence-electron chi connectivity index (χ4n) is 5.13. The van der Waals surface area contributed by atoms with Gasteiger partial charge < -0.3 is 15.4 Å². The molecule has 7 nitrogen and oxygen atoms in total. The fourth-order valence-corrected chi connectivity index (χ4v) is 5.41. The molecule has 3 aromatic rings. The Labute approximate surface area is 192 Å². The summed E-state index contributed by atoms with van der Waals surface area (Å²) in [5.41, 5.74) is 5.28. The lowest BCUT2D eigenvalue weighted by atomic mass is 9.88. The number of hydrogen-bond acceptors (Lipinski definition) is 6. The molecule has 0 saturated carbocycles. The predicted molar refractivity (Wildman–Crippen MR) is 126 cm³/mol. The maximum absolute atomic E-state index is 6.71. The lowest BCUT2D eigenvalue weighted by Crippen LogP contribution is -2.53. The maximum Gasteiger partial charge on any atom is 0.161 e. The molecule has 8 heteroatoms. The number of rotatable bonds is 3. The zero-order valence-electron chi connectivity index (χ0n) is 18.1. The number of ether oxygens (including phenoxy) is 1. The molecule has 0 aliphatic carbocycles. The summed E-state index contributed by atoms with van der Waals surface area (Å²) in [6.45, 7) is 4.86. The van der Waals surface area contributed by atoms with Crippen LogP contribution in [0, 0.1) is 0 Å². The normalized spacial score (nSPS) is 19.3. The molecule has 3 aliphatic rings. The highest BCUT2D eigenvalue weighted by Crippen LogP contribution is 2.44. The van der Waals surface area contributed by atoms with Crippen LogP contribution < -0.4 is 15.4 Å². The minimum atomic E-state index is 0.402. The van der Waals surface area contributed by atoms with Crippen LogP contribution >= 0.6 is 11.6 Å². The molecule has 166 valence electrons. The zero-order valence-corrected chi connectivity index (χ0v) is 18.9. The molecule has 32 heavy (non-hydrogen) atoms. The zero-order chi connectivity index (χ0) is 21.7. The molecular weight excluding hydrogens is 424 g/mol. The SMILES string of the molecule is Cn1cc(-c2ccnc3c2COc2c(Cl)cc(C4CN(C5CCNCC5)C4)cc2N3)cn1. The number of piperidine rings is 1. The van der Waals surface area contributed by atoms with E-state index in [2.05, 4.69) is 37.7 Å². The molecule has 0 radical (unpaired) electrons. The van der Waals surface area contributed by atoms with Crippen molar-refractivity contribution in [1.82, 2.24) is 25.0 Å². The monoisotopic (exact) mass is 450 g/mol.